The fraction of sp³-hybridized carbons (Fsp3) is 0.842. The summed E-state index contributed by atoms with van der Waals surface area (Å²) in [6.45, 7) is 8.71. The number of alkyl carbamates (subject to hydrolysis) is 1. The van der Waals surface area contributed by atoms with Crippen LogP contribution in [0.25, 0.3) is 0 Å². The number of nitrogens with one attached hydrogen (secondary N) is 1. The normalized spacial score (nSPS) is 18.9. The lowest BCUT2D eigenvalue weighted by Crippen LogP contribution is -2.47. The van der Waals surface area contributed by atoms with Gasteiger partial charge in [0.1, 0.15) is 18.7 Å². The van der Waals surface area contributed by atoms with E-state index in [2.05, 4.69) is 19.2 Å². The van der Waals surface area contributed by atoms with Crippen LogP contribution in [-0.4, -0.2) is 48.0 Å². The number of nitrogens with two attached hydrogens (primary N) is 1. The van der Waals surface area contributed by atoms with Gasteiger partial charge in [-0.15, -0.1) is 0 Å². The molecule has 0 aromatic heterocycles. The van der Waals surface area contributed by atoms with E-state index in [0.717, 1.165) is 32.1 Å². The van der Waals surface area contributed by atoms with E-state index in [-0.39, 0.29) is 21.4 Å². The summed E-state index contributed by atoms with van der Waals surface area (Å²) < 4.78 is 5.19. The molecule has 2 aliphatic rings. The van der Waals surface area contributed by atoms with Crippen molar-refractivity contribution in [3.05, 3.63) is 0 Å². The minimum absolute atomic E-state index is 0. The number of hydrogen-bond donors (Lipinski definition) is 2. The van der Waals surface area contributed by atoms with Gasteiger partial charge >= 0.3 is 6.09 Å². The van der Waals surface area contributed by atoms with Crippen LogP contribution in [0.1, 0.15) is 81.9 Å². The SMILES string of the molecule is CC.CCCC.NC(=O)C1CCCN1C(=O)CNC(=O)OC1CCCC1.[HH].[HH]. The van der Waals surface area contributed by atoms with Crippen molar-refractivity contribution < 1.29 is 22.0 Å². The molecule has 1 aliphatic carbocycles. The molecule has 0 spiro atoms. The van der Waals surface area contributed by atoms with Crippen molar-refractivity contribution in [1.29, 1.82) is 0 Å². The molecule has 0 aromatic carbocycles. The van der Waals surface area contributed by atoms with E-state index in [1.165, 1.54) is 17.7 Å². The third kappa shape index (κ3) is 9.06. The van der Waals surface area contributed by atoms with Gasteiger partial charge in [-0.25, -0.2) is 4.79 Å². The summed E-state index contributed by atoms with van der Waals surface area (Å²) in [5.41, 5.74) is 5.25. The summed E-state index contributed by atoms with van der Waals surface area (Å²) in [6.07, 6.45) is 7.31. The topological polar surface area (TPSA) is 102 Å². The predicted octanol–water partition coefficient (Wildman–Crippen LogP) is 3.46. The van der Waals surface area contributed by atoms with Crippen molar-refractivity contribution in [1.82, 2.24) is 10.2 Å². The highest BCUT2D eigenvalue weighted by molar-refractivity contribution is 5.89. The van der Waals surface area contributed by atoms with Crippen molar-refractivity contribution in [3.8, 4) is 0 Å². The van der Waals surface area contributed by atoms with E-state index in [1.54, 1.807) is 0 Å². The van der Waals surface area contributed by atoms with Crippen LogP contribution in [-0.2, 0) is 14.3 Å². The smallest absolute Gasteiger partial charge is 0.407 e. The summed E-state index contributed by atoms with van der Waals surface area (Å²) >= 11 is 0. The maximum atomic E-state index is 11.9. The highest BCUT2D eigenvalue weighted by atomic mass is 16.6. The number of primary amides is 1. The minimum Gasteiger partial charge on any atom is -0.446 e. The van der Waals surface area contributed by atoms with E-state index in [1.807, 2.05) is 13.8 Å². The van der Waals surface area contributed by atoms with Gasteiger partial charge in [0, 0.05) is 9.40 Å². The zero-order valence-electron chi connectivity index (χ0n) is 16.9. The molecular formula is C19H41N3O4. The standard InChI is InChI=1S/C13H21N3O4.C4H10.C2H6.2H2/c14-12(18)10-6-3-7-16(10)11(17)8-15-13(19)20-9-4-1-2-5-9;1-3-4-2;1-2;;/h9-10H,1-8H2,(H2,14,18)(H,15,19);3-4H2,1-2H3;1-2H3;2*1H. The monoisotopic (exact) mass is 375 g/mol. The Balaban J connectivity index is -0.000000697. The molecule has 0 aromatic rings. The van der Waals surface area contributed by atoms with Crippen molar-refractivity contribution in [2.24, 2.45) is 5.73 Å². The fourth-order valence-electron chi connectivity index (χ4n) is 2.81. The number of likely N-dealkylation sites (tertiary alicyclic amines) is 1. The first-order chi connectivity index (χ1) is 12.5. The number of nitrogens with zero attached hydrogens (tertiary/aromatic N) is 1. The molecule has 0 radical (unpaired) electrons. The number of carbonyl (C=O) groups excluding carboxylic acids is 3. The highest BCUT2D eigenvalue weighted by Crippen LogP contribution is 2.21. The Labute approximate surface area is 161 Å². The van der Waals surface area contributed by atoms with Crippen molar-refractivity contribution >= 4 is 17.9 Å². The molecule has 2 rings (SSSR count). The van der Waals surface area contributed by atoms with Crippen LogP contribution in [0.4, 0.5) is 4.79 Å². The van der Waals surface area contributed by atoms with E-state index >= 15 is 0 Å². The molecule has 3 amide bonds. The molecule has 0 bridgehead atoms. The third-order valence-electron chi connectivity index (χ3n) is 4.36. The number of hydrogen-bond acceptors (Lipinski definition) is 4. The van der Waals surface area contributed by atoms with Gasteiger partial charge in [0.15, 0.2) is 0 Å². The molecule has 1 atom stereocenters. The Morgan fingerprint density at radius 3 is 2.15 bits per heavy atom. The van der Waals surface area contributed by atoms with Gasteiger partial charge in [0.25, 0.3) is 0 Å². The van der Waals surface area contributed by atoms with Crippen LogP contribution in [0.3, 0.4) is 0 Å². The maximum Gasteiger partial charge on any atom is 0.407 e. The fourth-order valence-corrected chi connectivity index (χ4v) is 2.81. The van der Waals surface area contributed by atoms with E-state index in [9.17, 15) is 14.4 Å². The molecule has 3 N–H and O–H groups in total. The largest absolute Gasteiger partial charge is 0.446 e. The first-order valence-corrected chi connectivity index (χ1v) is 10.0. The lowest BCUT2D eigenvalue weighted by molar-refractivity contribution is -0.136. The van der Waals surface area contributed by atoms with Gasteiger partial charge < -0.3 is 20.7 Å². The van der Waals surface area contributed by atoms with Crippen molar-refractivity contribution in [2.45, 2.75) is 91.2 Å². The molecule has 7 nitrogen and oxygen atoms in total. The van der Waals surface area contributed by atoms with E-state index in [4.69, 9.17) is 10.5 Å². The second-order valence-corrected chi connectivity index (χ2v) is 6.31. The number of carbonyl (C=O) groups is 3. The molecule has 26 heavy (non-hydrogen) atoms. The number of ether oxygens (including phenoxy) is 1. The van der Waals surface area contributed by atoms with Crippen LogP contribution < -0.4 is 11.1 Å². The van der Waals surface area contributed by atoms with Gasteiger partial charge in [0.2, 0.25) is 11.8 Å². The first-order valence-electron chi connectivity index (χ1n) is 10.0. The molecule has 1 saturated carbocycles. The number of rotatable bonds is 5. The van der Waals surface area contributed by atoms with Crippen LogP contribution in [0.5, 0.6) is 0 Å². The van der Waals surface area contributed by atoms with Gasteiger partial charge in [-0.3, -0.25) is 9.59 Å². The quantitative estimate of drug-likeness (QED) is 0.768. The summed E-state index contributed by atoms with van der Waals surface area (Å²) in [4.78, 5) is 36.1. The molecule has 1 aliphatic heterocycles. The minimum atomic E-state index is -0.569. The van der Waals surface area contributed by atoms with Crippen molar-refractivity contribution in [2.75, 3.05) is 13.1 Å². The van der Waals surface area contributed by atoms with Crippen molar-refractivity contribution in [3.63, 3.8) is 0 Å². The average molecular weight is 376 g/mol. The zero-order chi connectivity index (χ0) is 19.9. The second-order valence-electron chi connectivity index (χ2n) is 6.31. The maximum absolute atomic E-state index is 11.9. The summed E-state index contributed by atoms with van der Waals surface area (Å²) in [5, 5.41) is 2.44. The van der Waals surface area contributed by atoms with Gasteiger partial charge in [0.05, 0.1) is 0 Å². The van der Waals surface area contributed by atoms with Crippen LogP contribution in [0.15, 0.2) is 0 Å². The van der Waals surface area contributed by atoms with Crippen LogP contribution in [0, 0.1) is 0 Å². The molecular weight excluding hydrogens is 334 g/mol. The molecule has 1 unspecified atom stereocenters. The molecule has 2 fully saturated rings. The average Bonchev–Trinajstić information content (AvgIpc) is 3.33. The number of unbranched alkanes of at least 4 members (excludes halogenated alkanes) is 1. The van der Waals surface area contributed by atoms with E-state index in [0.29, 0.717) is 13.0 Å². The van der Waals surface area contributed by atoms with Crippen LogP contribution in [0.2, 0.25) is 0 Å². The molecule has 1 heterocycles. The second kappa shape index (κ2) is 14.4. The van der Waals surface area contributed by atoms with E-state index < -0.39 is 18.0 Å². The summed E-state index contributed by atoms with van der Waals surface area (Å²) in [7, 11) is 0. The van der Waals surface area contributed by atoms with Crippen LogP contribution >= 0.6 is 0 Å². The Bertz CT molecular complexity index is 431. The summed E-state index contributed by atoms with van der Waals surface area (Å²) in [5.74, 6) is -0.793. The highest BCUT2D eigenvalue weighted by Gasteiger charge is 2.32. The lowest BCUT2D eigenvalue weighted by atomic mass is 10.2. The molecule has 1 saturated heterocycles. The lowest BCUT2D eigenvalue weighted by Gasteiger charge is -2.22. The van der Waals surface area contributed by atoms with Gasteiger partial charge in [-0.2, -0.15) is 0 Å². The number of amides is 3. The predicted molar refractivity (Wildman–Crippen MR) is 107 cm³/mol. The Morgan fingerprint density at radius 2 is 1.65 bits per heavy atom. The molecule has 7 heteroatoms. The summed E-state index contributed by atoms with van der Waals surface area (Å²) in [6, 6.07) is -0.546. The van der Waals surface area contributed by atoms with Gasteiger partial charge in [-0.1, -0.05) is 40.5 Å². The Kier molecular flexibility index (Phi) is 13.4. The third-order valence-corrected chi connectivity index (χ3v) is 4.36. The zero-order valence-corrected chi connectivity index (χ0v) is 16.9. The Morgan fingerprint density at radius 1 is 1.08 bits per heavy atom. The Hall–Kier alpha value is -1.79. The van der Waals surface area contributed by atoms with Gasteiger partial charge in [-0.05, 0) is 38.5 Å². The molecule has 156 valence electrons. The first kappa shape index (κ1) is 24.2.